The number of rotatable bonds is 17. The number of carbonyl (C=O) groups excluding carboxylic acids is 6. The number of nitrogens with one attached hydrogen (secondary N) is 4. The van der Waals surface area contributed by atoms with Gasteiger partial charge >= 0.3 is 5.97 Å². The van der Waals surface area contributed by atoms with E-state index >= 15 is 0 Å². The van der Waals surface area contributed by atoms with Gasteiger partial charge in [0, 0.05) is 56.2 Å². The Morgan fingerprint density at radius 2 is 1.53 bits per heavy atom. The minimum atomic E-state index is -1.37. The largest absolute Gasteiger partial charge is 0.480 e. The molecule has 14 nitrogen and oxygen atoms in total. The molecule has 1 aliphatic rings. The van der Waals surface area contributed by atoms with E-state index in [1.165, 1.54) is 17.9 Å². The van der Waals surface area contributed by atoms with Gasteiger partial charge in [-0.3, -0.25) is 33.7 Å². The molecule has 6 amide bonds. The molecule has 1 unspecified atom stereocenters. The SMILES string of the molecule is CN[C@H](C(=O)NC(C(=O)N(C)C/C=C(\C)C(=O)N[C@H](CCC(=O)NCCN1C(=O)C=CC1=O)C(=O)O)C(C)(C)C)C(C)(C)c1ccccc1. The van der Waals surface area contributed by atoms with Crippen LogP contribution >= 0.6 is 0 Å². The molecule has 0 aromatic heterocycles. The first kappa shape index (κ1) is 40.3. The topological polar surface area (TPSA) is 194 Å². The Balaban J connectivity index is 1.98. The Kier molecular flexibility index (Phi) is 14.4. The predicted octanol–water partition coefficient (Wildman–Crippen LogP) is 0.879. The summed E-state index contributed by atoms with van der Waals surface area (Å²) in [6.45, 7) is 10.9. The van der Waals surface area contributed by atoms with E-state index in [0.717, 1.165) is 22.6 Å². The van der Waals surface area contributed by atoms with Crippen LogP contribution in [0.15, 0.2) is 54.1 Å². The zero-order chi connectivity index (χ0) is 37.1. The van der Waals surface area contributed by atoms with Gasteiger partial charge in [-0.1, -0.05) is 71.0 Å². The van der Waals surface area contributed by atoms with Crippen LogP contribution in [-0.2, 0) is 39.0 Å². The Labute approximate surface area is 287 Å². The zero-order valence-corrected chi connectivity index (χ0v) is 29.6. The standard InChI is InChI=1S/C35H50N6O8/c1-22(30(45)38-24(33(48)49)14-15-25(42)37-19-21-41-26(43)16-17-27(41)44)18-20-40(8)32(47)29(34(2,3)4)39-31(46)28(36-7)35(5,6)23-12-10-9-11-13-23/h9-13,16-18,24,28-29,36H,14-15,19-21H2,1-8H3,(H,37,42)(H,38,45)(H,39,46)(H,48,49)/b22-18+/t24-,28-,29?/m1/s1. The van der Waals surface area contributed by atoms with E-state index in [1.54, 1.807) is 14.1 Å². The minimum Gasteiger partial charge on any atom is -0.480 e. The lowest BCUT2D eigenvalue weighted by molar-refractivity contribution is -0.142. The van der Waals surface area contributed by atoms with Crippen LogP contribution in [0.1, 0.15) is 59.9 Å². The van der Waals surface area contributed by atoms with Gasteiger partial charge in [-0.2, -0.15) is 0 Å². The number of nitrogens with zero attached hydrogens (tertiary/aromatic N) is 2. The average molecular weight is 683 g/mol. The second-order valence-electron chi connectivity index (χ2n) is 13.6. The van der Waals surface area contributed by atoms with Crippen LogP contribution in [0.25, 0.3) is 0 Å². The first-order valence-electron chi connectivity index (χ1n) is 16.1. The van der Waals surface area contributed by atoms with E-state index in [9.17, 15) is 38.7 Å². The zero-order valence-electron chi connectivity index (χ0n) is 29.6. The summed E-state index contributed by atoms with van der Waals surface area (Å²) in [4.78, 5) is 89.7. The summed E-state index contributed by atoms with van der Waals surface area (Å²) in [5, 5.41) is 20.6. The van der Waals surface area contributed by atoms with Gasteiger partial charge in [0.15, 0.2) is 0 Å². The van der Waals surface area contributed by atoms with Crippen molar-refractivity contribution in [3.05, 3.63) is 59.7 Å². The molecule has 0 bridgehead atoms. The summed E-state index contributed by atoms with van der Waals surface area (Å²) >= 11 is 0. The Morgan fingerprint density at radius 3 is 2.06 bits per heavy atom. The Hall–Kier alpha value is -4.85. The minimum absolute atomic E-state index is 0.00231. The number of likely N-dealkylation sites (N-methyl/N-ethyl adjacent to an activating group) is 2. The van der Waals surface area contributed by atoms with Crippen molar-refractivity contribution in [2.24, 2.45) is 5.41 Å². The number of carbonyl (C=O) groups is 7. The summed E-state index contributed by atoms with van der Waals surface area (Å²) in [5.41, 5.74) is -0.152. The summed E-state index contributed by atoms with van der Waals surface area (Å²) < 4.78 is 0. The third-order valence-corrected chi connectivity index (χ3v) is 8.42. The second-order valence-corrected chi connectivity index (χ2v) is 13.6. The Bertz CT molecular complexity index is 1450. The molecule has 0 saturated heterocycles. The second kappa shape index (κ2) is 17.5. The van der Waals surface area contributed by atoms with Gasteiger partial charge in [0.1, 0.15) is 12.1 Å². The van der Waals surface area contributed by atoms with Crippen molar-refractivity contribution in [3.8, 4) is 0 Å². The predicted molar refractivity (Wildman–Crippen MR) is 183 cm³/mol. The van der Waals surface area contributed by atoms with Gasteiger partial charge in [-0.15, -0.1) is 0 Å². The fraction of sp³-hybridized carbons (Fsp3) is 0.514. The van der Waals surface area contributed by atoms with E-state index in [4.69, 9.17) is 0 Å². The van der Waals surface area contributed by atoms with E-state index < -0.39 is 58.6 Å². The van der Waals surface area contributed by atoms with Gasteiger partial charge in [-0.25, -0.2) is 4.79 Å². The van der Waals surface area contributed by atoms with Gasteiger partial charge in [0.25, 0.3) is 11.8 Å². The number of amides is 6. The molecule has 0 radical (unpaired) electrons. The van der Waals surface area contributed by atoms with Crippen LogP contribution in [0.5, 0.6) is 0 Å². The molecule has 1 aromatic carbocycles. The van der Waals surface area contributed by atoms with Gasteiger partial charge < -0.3 is 31.3 Å². The number of aliphatic carboxylic acids is 1. The fourth-order valence-electron chi connectivity index (χ4n) is 5.26. The van der Waals surface area contributed by atoms with Crippen LogP contribution in [0.4, 0.5) is 0 Å². The molecule has 1 heterocycles. The van der Waals surface area contributed by atoms with E-state index in [0.29, 0.717) is 0 Å². The van der Waals surface area contributed by atoms with Crippen molar-refractivity contribution < 1.29 is 38.7 Å². The third kappa shape index (κ3) is 11.4. The molecule has 0 aliphatic carbocycles. The van der Waals surface area contributed by atoms with Crippen molar-refractivity contribution in [2.75, 3.05) is 33.7 Å². The van der Waals surface area contributed by atoms with Crippen molar-refractivity contribution in [2.45, 2.75) is 77.9 Å². The maximum atomic E-state index is 13.6. The molecule has 1 aliphatic heterocycles. The van der Waals surface area contributed by atoms with E-state index in [2.05, 4.69) is 21.3 Å². The highest BCUT2D eigenvalue weighted by Crippen LogP contribution is 2.28. The lowest BCUT2D eigenvalue weighted by Gasteiger charge is -2.38. The normalized spacial score (nSPS) is 15.3. The maximum Gasteiger partial charge on any atom is 0.326 e. The third-order valence-electron chi connectivity index (χ3n) is 8.42. The molecular weight excluding hydrogens is 632 g/mol. The van der Waals surface area contributed by atoms with Crippen LogP contribution < -0.4 is 21.3 Å². The van der Waals surface area contributed by atoms with Crippen LogP contribution in [0.3, 0.4) is 0 Å². The smallest absolute Gasteiger partial charge is 0.326 e. The molecule has 2 rings (SSSR count). The monoisotopic (exact) mass is 682 g/mol. The molecule has 3 atom stereocenters. The number of carboxylic acids is 1. The molecule has 1 aromatic rings. The van der Waals surface area contributed by atoms with E-state index in [1.807, 2.05) is 65.0 Å². The molecule has 0 fully saturated rings. The van der Waals surface area contributed by atoms with Gasteiger partial charge in [-0.05, 0) is 31.4 Å². The van der Waals surface area contributed by atoms with E-state index in [-0.39, 0.29) is 49.9 Å². The molecule has 49 heavy (non-hydrogen) atoms. The number of imide groups is 1. The summed E-state index contributed by atoms with van der Waals surface area (Å²) in [6, 6.07) is 6.69. The van der Waals surface area contributed by atoms with Crippen molar-refractivity contribution in [1.29, 1.82) is 0 Å². The highest BCUT2D eigenvalue weighted by atomic mass is 16.4. The summed E-state index contributed by atoms with van der Waals surface area (Å²) in [6.07, 6.45) is 3.31. The van der Waals surface area contributed by atoms with Crippen LogP contribution in [-0.4, -0.2) is 108 Å². The first-order chi connectivity index (χ1) is 22.8. The number of hydrogen-bond donors (Lipinski definition) is 5. The number of benzene rings is 1. The van der Waals surface area contributed by atoms with Crippen molar-refractivity contribution >= 4 is 41.4 Å². The molecule has 0 spiro atoms. The first-order valence-corrected chi connectivity index (χ1v) is 16.1. The lowest BCUT2D eigenvalue weighted by Crippen LogP contribution is -2.60. The Morgan fingerprint density at radius 1 is 0.939 bits per heavy atom. The molecular formula is C35H50N6O8. The van der Waals surface area contributed by atoms with Crippen LogP contribution in [0.2, 0.25) is 0 Å². The van der Waals surface area contributed by atoms with Crippen molar-refractivity contribution in [1.82, 2.24) is 31.1 Å². The highest BCUT2D eigenvalue weighted by Gasteiger charge is 2.40. The summed E-state index contributed by atoms with van der Waals surface area (Å²) in [5.74, 6) is -4.20. The number of hydrogen-bond acceptors (Lipinski definition) is 8. The quantitative estimate of drug-likeness (QED) is 0.117. The highest BCUT2D eigenvalue weighted by molar-refractivity contribution is 6.12. The number of carboxylic acid groups (broad SMARTS) is 1. The molecule has 5 N–H and O–H groups in total. The van der Waals surface area contributed by atoms with Crippen molar-refractivity contribution in [3.63, 3.8) is 0 Å². The fourth-order valence-corrected chi connectivity index (χ4v) is 5.26. The maximum absolute atomic E-state index is 13.6. The van der Waals surface area contributed by atoms with Gasteiger partial charge in [0.2, 0.25) is 23.6 Å². The molecule has 268 valence electrons. The average Bonchev–Trinajstić information content (AvgIpc) is 3.36. The van der Waals surface area contributed by atoms with Crippen LogP contribution in [0, 0.1) is 5.41 Å². The van der Waals surface area contributed by atoms with Gasteiger partial charge in [0.05, 0.1) is 6.04 Å². The molecule has 0 saturated carbocycles. The molecule has 14 heteroatoms. The lowest BCUT2D eigenvalue weighted by atomic mass is 9.76. The summed E-state index contributed by atoms with van der Waals surface area (Å²) in [7, 11) is 3.24.